The average Bonchev–Trinajstić information content (AvgIpc) is 2.96. The number of halogens is 1. The molecule has 0 saturated carbocycles. The largest absolute Gasteiger partial charge is 0.490 e. The van der Waals surface area contributed by atoms with Crippen molar-refractivity contribution in [2.75, 3.05) is 20.7 Å². The Labute approximate surface area is 167 Å². The van der Waals surface area contributed by atoms with Gasteiger partial charge in [-0.25, -0.2) is 4.39 Å². The van der Waals surface area contributed by atoms with Gasteiger partial charge in [0.05, 0.1) is 11.5 Å². The van der Waals surface area contributed by atoms with Gasteiger partial charge in [-0.05, 0) is 48.5 Å². The molecule has 1 heterocycles. The molecule has 0 aromatic heterocycles. The third kappa shape index (κ3) is 4.36. The van der Waals surface area contributed by atoms with E-state index in [4.69, 9.17) is 9.47 Å². The van der Waals surface area contributed by atoms with Gasteiger partial charge in [-0.15, -0.1) is 0 Å². The van der Waals surface area contributed by atoms with Gasteiger partial charge in [-0.2, -0.15) is 0 Å². The maximum absolute atomic E-state index is 13.8. The van der Waals surface area contributed by atoms with Crippen molar-refractivity contribution in [1.29, 1.82) is 0 Å². The van der Waals surface area contributed by atoms with E-state index in [0.29, 0.717) is 33.7 Å². The SMILES string of the molecule is CCOc1cc(/C=C2/SC(=NC)N(C)C2=O)ccc1OCc1ccccc1F. The van der Waals surface area contributed by atoms with Gasteiger partial charge < -0.3 is 9.47 Å². The quantitative estimate of drug-likeness (QED) is 0.677. The van der Waals surface area contributed by atoms with Gasteiger partial charge in [-0.3, -0.25) is 14.7 Å². The summed E-state index contributed by atoms with van der Waals surface area (Å²) in [7, 11) is 3.35. The molecule has 1 aliphatic heterocycles. The number of amides is 1. The minimum absolute atomic E-state index is 0.0940. The number of benzene rings is 2. The van der Waals surface area contributed by atoms with Gasteiger partial charge in [-0.1, -0.05) is 24.3 Å². The number of rotatable bonds is 6. The highest BCUT2D eigenvalue weighted by Crippen LogP contribution is 2.34. The minimum Gasteiger partial charge on any atom is -0.490 e. The van der Waals surface area contributed by atoms with E-state index in [0.717, 1.165) is 5.56 Å². The van der Waals surface area contributed by atoms with Crippen molar-refractivity contribution < 1.29 is 18.7 Å². The van der Waals surface area contributed by atoms with Crippen molar-refractivity contribution in [3.8, 4) is 11.5 Å². The number of nitrogens with zero attached hydrogens (tertiary/aromatic N) is 2. The number of aliphatic imine (C=N–C) groups is 1. The van der Waals surface area contributed by atoms with E-state index in [1.165, 1.54) is 22.7 Å². The van der Waals surface area contributed by atoms with Crippen LogP contribution < -0.4 is 9.47 Å². The Morgan fingerprint density at radius 1 is 1.18 bits per heavy atom. The van der Waals surface area contributed by atoms with Crippen LogP contribution in [0, 0.1) is 5.82 Å². The molecular formula is C21H21FN2O3S. The van der Waals surface area contributed by atoms with Crippen LogP contribution in [0.1, 0.15) is 18.1 Å². The summed E-state index contributed by atoms with van der Waals surface area (Å²) in [6, 6.07) is 11.9. The summed E-state index contributed by atoms with van der Waals surface area (Å²) in [5.74, 6) is 0.659. The Hall–Kier alpha value is -2.80. The monoisotopic (exact) mass is 400 g/mol. The molecule has 1 fully saturated rings. The van der Waals surface area contributed by atoms with Gasteiger partial charge >= 0.3 is 0 Å². The Balaban J connectivity index is 1.82. The summed E-state index contributed by atoms with van der Waals surface area (Å²) in [5.41, 5.74) is 1.28. The molecule has 0 radical (unpaired) electrons. The highest BCUT2D eigenvalue weighted by Gasteiger charge is 2.29. The molecule has 0 aliphatic carbocycles. The van der Waals surface area contributed by atoms with Crippen molar-refractivity contribution >= 4 is 28.9 Å². The van der Waals surface area contributed by atoms with Crippen LogP contribution in [0.5, 0.6) is 11.5 Å². The fourth-order valence-electron chi connectivity index (χ4n) is 2.67. The smallest absolute Gasteiger partial charge is 0.266 e. The number of carbonyl (C=O) groups is 1. The van der Waals surface area contributed by atoms with Crippen LogP contribution in [0.15, 0.2) is 52.4 Å². The molecule has 0 spiro atoms. The predicted molar refractivity (Wildman–Crippen MR) is 110 cm³/mol. The first-order valence-electron chi connectivity index (χ1n) is 8.81. The first-order chi connectivity index (χ1) is 13.5. The molecule has 2 aromatic rings. The van der Waals surface area contributed by atoms with E-state index < -0.39 is 0 Å². The maximum Gasteiger partial charge on any atom is 0.266 e. The topological polar surface area (TPSA) is 51.1 Å². The van der Waals surface area contributed by atoms with Crippen LogP contribution in [0.25, 0.3) is 6.08 Å². The molecular weight excluding hydrogens is 379 g/mol. The molecule has 28 heavy (non-hydrogen) atoms. The Bertz CT molecular complexity index is 943. The summed E-state index contributed by atoms with van der Waals surface area (Å²) in [6.07, 6.45) is 1.80. The van der Waals surface area contributed by atoms with E-state index in [-0.39, 0.29) is 18.3 Å². The van der Waals surface area contributed by atoms with E-state index in [1.54, 1.807) is 44.4 Å². The summed E-state index contributed by atoms with van der Waals surface area (Å²) >= 11 is 1.33. The van der Waals surface area contributed by atoms with Crippen molar-refractivity contribution in [3.05, 3.63) is 64.3 Å². The Kier molecular flexibility index (Phi) is 6.36. The van der Waals surface area contributed by atoms with Crippen LogP contribution in [0.2, 0.25) is 0 Å². The molecule has 0 atom stereocenters. The molecule has 0 bridgehead atoms. The summed E-state index contributed by atoms with van der Waals surface area (Å²) in [5, 5.41) is 0.658. The lowest BCUT2D eigenvalue weighted by Crippen LogP contribution is -2.23. The second-order valence-corrected chi connectivity index (χ2v) is 7.01. The number of amidine groups is 1. The molecule has 7 heteroatoms. The van der Waals surface area contributed by atoms with E-state index >= 15 is 0 Å². The van der Waals surface area contributed by atoms with E-state index in [2.05, 4.69) is 4.99 Å². The number of thioether (sulfide) groups is 1. The van der Waals surface area contributed by atoms with Gasteiger partial charge in [0.1, 0.15) is 12.4 Å². The summed E-state index contributed by atoms with van der Waals surface area (Å²) in [4.78, 5) is 18.5. The zero-order chi connectivity index (χ0) is 20.1. The van der Waals surface area contributed by atoms with Crippen LogP contribution in [0.3, 0.4) is 0 Å². The Morgan fingerprint density at radius 2 is 1.96 bits per heavy atom. The minimum atomic E-state index is -0.309. The normalized spacial score (nSPS) is 16.9. The molecule has 146 valence electrons. The second kappa shape index (κ2) is 8.93. The zero-order valence-electron chi connectivity index (χ0n) is 15.9. The van der Waals surface area contributed by atoms with Crippen molar-refractivity contribution in [2.24, 2.45) is 4.99 Å². The summed E-state index contributed by atoms with van der Waals surface area (Å²) < 4.78 is 25.2. The third-order valence-corrected chi connectivity index (χ3v) is 5.25. The summed E-state index contributed by atoms with van der Waals surface area (Å²) in [6.45, 7) is 2.43. The van der Waals surface area contributed by atoms with Crippen molar-refractivity contribution in [1.82, 2.24) is 4.90 Å². The van der Waals surface area contributed by atoms with Crippen molar-refractivity contribution in [3.63, 3.8) is 0 Å². The van der Waals surface area contributed by atoms with Crippen LogP contribution in [0.4, 0.5) is 4.39 Å². The lowest BCUT2D eigenvalue weighted by molar-refractivity contribution is -0.121. The van der Waals surface area contributed by atoms with E-state index in [9.17, 15) is 9.18 Å². The highest BCUT2D eigenvalue weighted by atomic mass is 32.2. The fourth-order valence-corrected chi connectivity index (χ4v) is 3.60. The molecule has 0 N–H and O–H groups in total. The number of hydrogen-bond donors (Lipinski definition) is 0. The number of carbonyl (C=O) groups excluding carboxylic acids is 1. The molecule has 5 nitrogen and oxygen atoms in total. The predicted octanol–water partition coefficient (Wildman–Crippen LogP) is 4.34. The van der Waals surface area contributed by atoms with Gasteiger partial charge in [0, 0.05) is 19.7 Å². The third-order valence-electron chi connectivity index (χ3n) is 4.10. The van der Waals surface area contributed by atoms with Gasteiger partial charge in [0.25, 0.3) is 5.91 Å². The molecule has 1 aliphatic rings. The van der Waals surface area contributed by atoms with Crippen LogP contribution in [-0.4, -0.2) is 36.7 Å². The van der Waals surface area contributed by atoms with Gasteiger partial charge in [0.15, 0.2) is 16.7 Å². The number of hydrogen-bond acceptors (Lipinski definition) is 5. The Morgan fingerprint density at radius 3 is 2.64 bits per heavy atom. The van der Waals surface area contributed by atoms with Gasteiger partial charge in [0.2, 0.25) is 0 Å². The molecule has 2 aromatic carbocycles. The lowest BCUT2D eigenvalue weighted by atomic mass is 10.1. The van der Waals surface area contributed by atoms with Crippen LogP contribution in [-0.2, 0) is 11.4 Å². The standard InChI is InChI=1S/C21H21FN2O3S/c1-4-26-18-11-14(12-19-20(25)24(3)21(23-2)28-19)9-10-17(18)27-13-15-7-5-6-8-16(15)22/h5-12H,4,13H2,1-3H3/b19-12+,23-21?. The fraction of sp³-hybridized carbons (Fsp3) is 0.238. The first kappa shape index (κ1) is 19.9. The van der Waals surface area contributed by atoms with Crippen LogP contribution >= 0.6 is 11.8 Å². The first-order valence-corrected chi connectivity index (χ1v) is 9.62. The zero-order valence-corrected chi connectivity index (χ0v) is 16.8. The average molecular weight is 400 g/mol. The number of likely N-dealkylation sites (N-methyl/N-ethyl adjacent to an activating group) is 1. The molecule has 0 unspecified atom stereocenters. The number of ether oxygens (including phenoxy) is 2. The van der Waals surface area contributed by atoms with Crippen molar-refractivity contribution in [2.45, 2.75) is 13.5 Å². The highest BCUT2D eigenvalue weighted by molar-refractivity contribution is 8.18. The second-order valence-electron chi connectivity index (χ2n) is 6.00. The lowest BCUT2D eigenvalue weighted by Gasteiger charge is -2.13. The maximum atomic E-state index is 13.8. The molecule has 1 amide bonds. The molecule has 3 rings (SSSR count). The van der Waals surface area contributed by atoms with E-state index in [1.807, 2.05) is 19.1 Å². The molecule has 1 saturated heterocycles.